The van der Waals surface area contributed by atoms with Crippen molar-refractivity contribution in [2.75, 3.05) is 0 Å². The summed E-state index contributed by atoms with van der Waals surface area (Å²) in [5, 5.41) is 2.17. The van der Waals surface area contributed by atoms with Gasteiger partial charge in [-0.3, -0.25) is 9.97 Å². The van der Waals surface area contributed by atoms with Crippen LogP contribution in [0.15, 0.2) is 170 Å². The maximum absolute atomic E-state index is 5.27. The van der Waals surface area contributed by atoms with Crippen LogP contribution in [0.25, 0.3) is 89.4 Å². The molecular formula is C46H31N5. The van der Waals surface area contributed by atoms with Crippen LogP contribution in [0.3, 0.4) is 0 Å². The second kappa shape index (κ2) is 12.9. The second-order valence-electron chi connectivity index (χ2n) is 12.6. The first-order chi connectivity index (χ1) is 25.2. The fraction of sp³-hybridized carbons (Fsp3) is 0.0217. The number of fused-ring (bicyclic) bond motifs is 3. The predicted octanol–water partition coefficient (Wildman–Crippen LogP) is 11.3. The van der Waals surface area contributed by atoms with Crippen LogP contribution in [-0.4, -0.2) is 24.9 Å². The van der Waals surface area contributed by atoms with Crippen molar-refractivity contribution in [3.63, 3.8) is 0 Å². The highest BCUT2D eigenvalue weighted by atomic mass is 14.9. The van der Waals surface area contributed by atoms with Gasteiger partial charge in [0.25, 0.3) is 0 Å². The zero-order valence-electron chi connectivity index (χ0n) is 27.9. The van der Waals surface area contributed by atoms with Crippen LogP contribution in [0, 0.1) is 6.92 Å². The van der Waals surface area contributed by atoms with Gasteiger partial charge in [0.1, 0.15) is 5.69 Å². The molecule has 0 spiro atoms. The third kappa shape index (κ3) is 5.91. The molecule has 0 aliphatic heterocycles. The van der Waals surface area contributed by atoms with E-state index >= 15 is 0 Å². The van der Waals surface area contributed by atoms with Crippen LogP contribution >= 0.6 is 0 Å². The van der Waals surface area contributed by atoms with E-state index < -0.39 is 0 Å². The topological polar surface area (TPSA) is 64.5 Å². The van der Waals surface area contributed by atoms with Gasteiger partial charge in [-0.25, -0.2) is 15.0 Å². The SMILES string of the molecule is Cc1ccc2ccc3c(-c4ccccc4)cc(-c4cccc(-c5ccc(-c6cc(-c7ccccc7)nc(-c7ccccn7)n6)cc5)c4)nc3c2n1. The van der Waals surface area contributed by atoms with Crippen LogP contribution in [0.2, 0.25) is 0 Å². The van der Waals surface area contributed by atoms with Crippen LogP contribution in [0.4, 0.5) is 0 Å². The highest BCUT2D eigenvalue weighted by Crippen LogP contribution is 2.36. The van der Waals surface area contributed by atoms with Crippen molar-refractivity contribution in [2.45, 2.75) is 6.92 Å². The molecule has 4 heterocycles. The largest absolute Gasteiger partial charge is 0.253 e. The van der Waals surface area contributed by atoms with Crippen molar-refractivity contribution in [1.29, 1.82) is 0 Å². The fourth-order valence-corrected chi connectivity index (χ4v) is 6.63. The smallest absolute Gasteiger partial charge is 0.179 e. The van der Waals surface area contributed by atoms with Gasteiger partial charge in [-0.1, -0.05) is 127 Å². The van der Waals surface area contributed by atoms with Gasteiger partial charge in [0, 0.05) is 39.4 Å². The quantitative estimate of drug-likeness (QED) is 0.167. The number of hydrogen-bond acceptors (Lipinski definition) is 5. The van der Waals surface area contributed by atoms with E-state index in [9.17, 15) is 0 Å². The molecule has 0 bridgehead atoms. The second-order valence-corrected chi connectivity index (χ2v) is 12.6. The van der Waals surface area contributed by atoms with Gasteiger partial charge in [0.15, 0.2) is 5.82 Å². The Kier molecular flexibility index (Phi) is 7.63. The average molecular weight is 654 g/mol. The minimum atomic E-state index is 0.597. The molecule has 9 rings (SSSR count). The molecule has 240 valence electrons. The van der Waals surface area contributed by atoms with Crippen molar-refractivity contribution in [3.05, 3.63) is 176 Å². The monoisotopic (exact) mass is 653 g/mol. The van der Waals surface area contributed by atoms with Crippen molar-refractivity contribution >= 4 is 21.8 Å². The molecule has 0 saturated carbocycles. The number of benzene rings is 5. The van der Waals surface area contributed by atoms with Gasteiger partial charge in [0.2, 0.25) is 0 Å². The summed E-state index contributed by atoms with van der Waals surface area (Å²) in [4.78, 5) is 24.6. The molecule has 5 aromatic carbocycles. The normalized spacial score (nSPS) is 11.2. The Balaban J connectivity index is 1.12. The molecule has 0 fully saturated rings. The summed E-state index contributed by atoms with van der Waals surface area (Å²) < 4.78 is 0. The first-order valence-corrected chi connectivity index (χ1v) is 17.0. The summed E-state index contributed by atoms with van der Waals surface area (Å²) in [7, 11) is 0. The lowest BCUT2D eigenvalue weighted by Crippen LogP contribution is -1.97. The average Bonchev–Trinajstić information content (AvgIpc) is 3.21. The Morgan fingerprint density at radius 3 is 1.75 bits per heavy atom. The van der Waals surface area contributed by atoms with Gasteiger partial charge >= 0.3 is 0 Å². The summed E-state index contributed by atoms with van der Waals surface area (Å²) in [5.41, 5.74) is 13.7. The van der Waals surface area contributed by atoms with Crippen molar-refractivity contribution < 1.29 is 0 Å². The Morgan fingerprint density at radius 2 is 1.00 bits per heavy atom. The zero-order chi connectivity index (χ0) is 34.1. The summed E-state index contributed by atoms with van der Waals surface area (Å²) in [5.74, 6) is 0.597. The number of hydrogen-bond donors (Lipinski definition) is 0. The molecule has 0 unspecified atom stereocenters. The molecule has 0 N–H and O–H groups in total. The lowest BCUT2D eigenvalue weighted by atomic mass is 9.95. The van der Waals surface area contributed by atoms with Gasteiger partial charge in [0.05, 0.1) is 28.1 Å². The number of aromatic nitrogens is 5. The van der Waals surface area contributed by atoms with Crippen LogP contribution in [0.1, 0.15) is 5.69 Å². The highest BCUT2D eigenvalue weighted by Gasteiger charge is 2.15. The van der Waals surface area contributed by atoms with Crippen molar-refractivity contribution in [3.8, 4) is 67.5 Å². The number of nitrogens with zero attached hydrogens (tertiary/aromatic N) is 5. The van der Waals surface area contributed by atoms with Gasteiger partial charge in [-0.2, -0.15) is 0 Å². The molecule has 5 nitrogen and oxygen atoms in total. The van der Waals surface area contributed by atoms with E-state index in [1.54, 1.807) is 6.20 Å². The zero-order valence-corrected chi connectivity index (χ0v) is 27.9. The highest BCUT2D eigenvalue weighted by molar-refractivity contribution is 6.09. The van der Waals surface area contributed by atoms with E-state index in [0.717, 1.165) is 89.2 Å². The first kappa shape index (κ1) is 30.2. The molecule has 9 aromatic rings. The van der Waals surface area contributed by atoms with Crippen molar-refractivity contribution in [1.82, 2.24) is 24.9 Å². The maximum atomic E-state index is 5.27. The van der Waals surface area contributed by atoms with Crippen LogP contribution in [0.5, 0.6) is 0 Å². The molecule has 5 heteroatoms. The Labute approximate surface area is 296 Å². The molecule has 0 radical (unpaired) electrons. The van der Waals surface area contributed by atoms with E-state index in [2.05, 4.69) is 126 Å². The summed E-state index contributed by atoms with van der Waals surface area (Å²) in [6, 6.07) is 56.5. The van der Waals surface area contributed by atoms with E-state index in [1.165, 1.54) is 0 Å². The van der Waals surface area contributed by atoms with E-state index in [-0.39, 0.29) is 0 Å². The molecular weight excluding hydrogens is 623 g/mol. The van der Waals surface area contributed by atoms with Crippen LogP contribution in [-0.2, 0) is 0 Å². The first-order valence-electron chi connectivity index (χ1n) is 17.0. The Morgan fingerprint density at radius 1 is 0.373 bits per heavy atom. The third-order valence-corrected chi connectivity index (χ3v) is 9.22. The van der Waals surface area contributed by atoms with Gasteiger partial charge in [-0.05, 0) is 65.6 Å². The summed E-state index contributed by atoms with van der Waals surface area (Å²) in [6.45, 7) is 2.03. The molecule has 0 aliphatic rings. The van der Waals surface area contributed by atoms with Gasteiger partial charge < -0.3 is 0 Å². The molecule has 0 amide bonds. The minimum Gasteiger partial charge on any atom is -0.253 e. The summed E-state index contributed by atoms with van der Waals surface area (Å²) in [6.07, 6.45) is 1.77. The fourth-order valence-electron chi connectivity index (χ4n) is 6.63. The molecule has 0 saturated heterocycles. The molecule has 51 heavy (non-hydrogen) atoms. The molecule has 0 aliphatic carbocycles. The van der Waals surface area contributed by atoms with Crippen LogP contribution < -0.4 is 0 Å². The third-order valence-electron chi connectivity index (χ3n) is 9.22. The van der Waals surface area contributed by atoms with E-state index in [4.69, 9.17) is 19.9 Å². The maximum Gasteiger partial charge on any atom is 0.179 e. The molecule has 4 aromatic heterocycles. The Bertz CT molecular complexity index is 2620. The molecule has 0 atom stereocenters. The number of rotatable bonds is 6. The standard InChI is InChI=1S/C46H31N5/c1-30-18-19-35-24-25-38-39(32-11-4-2-5-12-32)28-41(49-45(38)44(35)48-30)37-16-10-15-36(27-37)31-20-22-34(23-21-31)43-29-42(33-13-6-3-7-14-33)50-46(51-43)40-17-8-9-26-47-40/h2-29H,1H3. The Hall–Kier alpha value is -6.85. The minimum absolute atomic E-state index is 0.597. The van der Waals surface area contributed by atoms with Crippen molar-refractivity contribution in [2.24, 2.45) is 0 Å². The summed E-state index contributed by atoms with van der Waals surface area (Å²) >= 11 is 0. The van der Waals surface area contributed by atoms with E-state index in [1.807, 2.05) is 49.4 Å². The lowest BCUT2D eigenvalue weighted by molar-refractivity contribution is 1.15. The van der Waals surface area contributed by atoms with E-state index in [0.29, 0.717) is 5.82 Å². The predicted molar refractivity (Wildman–Crippen MR) is 208 cm³/mol. The lowest BCUT2D eigenvalue weighted by Gasteiger charge is -2.13. The number of pyridine rings is 3. The number of aryl methyl sites for hydroxylation is 1. The van der Waals surface area contributed by atoms with Gasteiger partial charge in [-0.15, -0.1) is 0 Å².